The highest BCUT2D eigenvalue weighted by Gasteiger charge is 2.21. The summed E-state index contributed by atoms with van der Waals surface area (Å²) in [7, 11) is 1.60. The van der Waals surface area contributed by atoms with E-state index in [1.54, 1.807) is 17.8 Å². The van der Waals surface area contributed by atoms with Gasteiger partial charge in [-0.15, -0.1) is 0 Å². The molecule has 0 fully saturated rings. The highest BCUT2D eigenvalue weighted by Crippen LogP contribution is 2.26. The quantitative estimate of drug-likeness (QED) is 0.942. The van der Waals surface area contributed by atoms with Crippen molar-refractivity contribution in [1.82, 2.24) is 14.6 Å². The Kier molecular flexibility index (Phi) is 4.37. The highest BCUT2D eigenvalue weighted by atomic mass is 16.6. The number of fused-ring (bicyclic) bond motifs is 1. The third-order valence-corrected chi connectivity index (χ3v) is 3.02. The zero-order chi connectivity index (χ0) is 16.5. The number of carbonyl (C=O) groups excluding carboxylic acids is 1. The number of hydrogen-bond acceptors (Lipinski definition) is 5. The van der Waals surface area contributed by atoms with E-state index in [4.69, 9.17) is 9.47 Å². The van der Waals surface area contributed by atoms with Crippen LogP contribution >= 0.6 is 0 Å². The molecule has 22 heavy (non-hydrogen) atoms. The van der Waals surface area contributed by atoms with Gasteiger partial charge in [0.05, 0.1) is 29.4 Å². The summed E-state index contributed by atoms with van der Waals surface area (Å²) in [6.45, 7) is 9.19. The molecule has 1 N–H and O–H groups in total. The van der Waals surface area contributed by atoms with Crippen molar-refractivity contribution in [3.8, 4) is 0 Å². The lowest BCUT2D eigenvalue weighted by Gasteiger charge is -2.21. The average molecular weight is 306 g/mol. The summed E-state index contributed by atoms with van der Waals surface area (Å²) in [5.41, 5.74) is 2.19. The minimum atomic E-state index is -0.572. The van der Waals surface area contributed by atoms with Crippen molar-refractivity contribution >= 4 is 17.4 Å². The van der Waals surface area contributed by atoms with E-state index in [9.17, 15) is 4.79 Å². The second-order valence-corrected chi connectivity index (χ2v) is 6.12. The lowest BCUT2D eigenvalue weighted by atomic mass is 10.2. The number of aryl methyl sites for hydroxylation is 1. The third-order valence-electron chi connectivity index (χ3n) is 3.02. The fourth-order valence-corrected chi connectivity index (χ4v) is 2.08. The fourth-order valence-electron chi connectivity index (χ4n) is 2.08. The lowest BCUT2D eigenvalue weighted by Crippen LogP contribution is -2.28. The number of ether oxygens (including phenoxy) is 2. The molecule has 2 aromatic heterocycles. The van der Waals surface area contributed by atoms with E-state index in [-0.39, 0.29) is 6.10 Å². The van der Waals surface area contributed by atoms with Crippen LogP contribution in [0.1, 0.15) is 45.2 Å². The number of methoxy groups -OCH3 is 1. The summed E-state index contributed by atoms with van der Waals surface area (Å²) in [6, 6.07) is 1.86. The first-order valence-electron chi connectivity index (χ1n) is 7.09. The molecule has 0 aliphatic heterocycles. The van der Waals surface area contributed by atoms with Gasteiger partial charge in [-0.2, -0.15) is 5.10 Å². The van der Waals surface area contributed by atoms with E-state index in [0.29, 0.717) is 17.0 Å². The van der Waals surface area contributed by atoms with Crippen LogP contribution in [0.15, 0.2) is 12.3 Å². The molecule has 1 atom stereocenters. The Hall–Kier alpha value is -2.15. The second kappa shape index (κ2) is 5.92. The molecular formula is C15H22N4O3. The van der Waals surface area contributed by atoms with Crippen LogP contribution in [0.25, 0.3) is 5.65 Å². The van der Waals surface area contributed by atoms with Crippen LogP contribution in [0.4, 0.5) is 10.5 Å². The Morgan fingerprint density at radius 2 is 2.09 bits per heavy atom. The predicted molar refractivity (Wildman–Crippen MR) is 83.0 cm³/mol. The van der Waals surface area contributed by atoms with E-state index in [1.165, 1.54) is 0 Å². The molecule has 7 heteroatoms. The van der Waals surface area contributed by atoms with Crippen molar-refractivity contribution < 1.29 is 14.3 Å². The van der Waals surface area contributed by atoms with Gasteiger partial charge in [0.25, 0.3) is 0 Å². The van der Waals surface area contributed by atoms with Crippen LogP contribution in [0.3, 0.4) is 0 Å². The van der Waals surface area contributed by atoms with Gasteiger partial charge in [0, 0.05) is 13.2 Å². The molecule has 0 unspecified atom stereocenters. The summed E-state index contributed by atoms with van der Waals surface area (Å²) >= 11 is 0. The number of amides is 1. The maximum Gasteiger partial charge on any atom is 0.412 e. The van der Waals surface area contributed by atoms with Gasteiger partial charge in [-0.25, -0.2) is 14.3 Å². The van der Waals surface area contributed by atoms with Crippen LogP contribution in [-0.2, 0) is 9.47 Å². The van der Waals surface area contributed by atoms with E-state index in [0.717, 1.165) is 5.69 Å². The van der Waals surface area contributed by atoms with E-state index in [1.807, 2.05) is 40.7 Å². The monoisotopic (exact) mass is 306 g/mol. The zero-order valence-electron chi connectivity index (χ0n) is 13.8. The van der Waals surface area contributed by atoms with Gasteiger partial charge in [-0.1, -0.05) is 0 Å². The van der Waals surface area contributed by atoms with Crippen LogP contribution in [-0.4, -0.2) is 33.4 Å². The molecule has 0 aromatic carbocycles. The molecule has 0 aliphatic rings. The number of aromatic nitrogens is 3. The van der Waals surface area contributed by atoms with Gasteiger partial charge in [0.1, 0.15) is 5.60 Å². The fraction of sp³-hybridized carbons (Fsp3) is 0.533. The SMILES string of the molecule is CO[C@@H](C)c1c(NC(=O)OC(C)(C)C)cnc2cc(C)nn12. The average Bonchev–Trinajstić information content (AvgIpc) is 2.75. The number of anilines is 1. The Bertz CT molecular complexity index is 688. The number of rotatable bonds is 3. The molecule has 2 rings (SSSR count). The Labute approximate surface area is 129 Å². The van der Waals surface area contributed by atoms with Crippen molar-refractivity contribution in [2.75, 3.05) is 12.4 Å². The molecule has 0 radical (unpaired) electrons. The maximum atomic E-state index is 12.0. The van der Waals surface area contributed by atoms with Crippen LogP contribution in [0, 0.1) is 6.92 Å². The van der Waals surface area contributed by atoms with E-state index < -0.39 is 11.7 Å². The van der Waals surface area contributed by atoms with Gasteiger partial charge in [-0.05, 0) is 34.6 Å². The summed E-state index contributed by atoms with van der Waals surface area (Å²) in [4.78, 5) is 16.3. The molecule has 120 valence electrons. The smallest absolute Gasteiger partial charge is 0.412 e. The Morgan fingerprint density at radius 3 is 2.68 bits per heavy atom. The van der Waals surface area contributed by atoms with Gasteiger partial charge < -0.3 is 9.47 Å². The van der Waals surface area contributed by atoms with Gasteiger partial charge in [-0.3, -0.25) is 5.32 Å². The first-order chi connectivity index (χ1) is 10.2. The molecule has 2 aromatic rings. The first-order valence-corrected chi connectivity index (χ1v) is 7.09. The number of nitrogens with zero attached hydrogens (tertiary/aromatic N) is 3. The molecular weight excluding hydrogens is 284 g/mol. The minimum absolute atomic E-state index is 0.269. The summed E-state index contributed by atoms with van der Waals surface area (Å²) in [5.74, 6) is 0. The van der Waals surface area contributed by atoms with Crippen LogP contribution in [0.2, 0.25) is 0 Å². The second-order valence-electron chi connectivity index (χ2n) is 6.12. The van der Waals surface area contributed by atoms with Crippen molar-refractivity contribution in [3.63, 3.8) is 0 Å². The molecule has 7 nitrogen and oxygen atoms in total. The number of hydrogen-bond donors (Lipinski definition) is 1. The van der Waals surface area contributed by atoms with Gasteiger partial charge in [0.2, 0.25) is 0 Å². The van der Waals surface area contributed by atoms with Crippen LogP contribution in [0.5, 0.6) is 0 Å². The molecule has 0 aliphatic carbocycles. The highest BCUT2D eigenvalue weighted by molar-refractivity contribution is 5.85. The predicted octanol–water partition coefficient (Wildman–Crippen LogP) is 3.09. The molecule has 1 amide bonds. The molecule has 0 saturated heterocycles. The van der Waals surface area contributed by atoms with Gasteiger partial charge in [0.15, 0.2) is 5.65 Å². The van der Waals surface area contributed by atoms with E-state index in [2.05, 4.69) is 15.4 Å². The molecule has 2 heterocycles. The summed E-state index contributed by atoms with van der Waals surface area (Å²) < 4.78 is 12.4. The first kappa shape index (κ1) is 16.2. The minimum Gasteiger partial charge on any atom is -0.444 e. The van der Waals surface area contributed by atoms with Gasteiger partial charge >= 0.3 is 6.09 Å². The molecule has 0 bridgehead atoms. The number of nitrogens with one attached hydrogen (secondary N) is 1. The van der Waals surface area contributed by atoms with Crippen LogP contribution < -0.4 is 5.32 Å². The Morgan fingerprint density at radius 1 is 1.41 bits per heavy atom. The lowest BCUT2D eigenvalue weighted by molar-refractivity contribution is 0.0634. The number of carbonyl (C=O) groups is 1. The van der Waals surface area contributed by atoms with Crippen molar-refractivity contribution in [2.24, 2.45) is 0 Å². The maximum absolute atomic E-state index is 12.0. The standard InChI is InChI=1S/C15H22N4O3/c1-9-7-12-16-8-11(17-14(20)22-15(3,4)5)13(10(2)21-6)19(12)18-9/h7-8,10H,1-6H3,(H,17,20)/t10-/m0/s1. The molecule has 0 saturated carbocycles. The Balaban J connectivity index is 2.42. The normalized spacial score (nSPS) is 13.2. The summed E-state index contributed by atoms with van der Waals surface area (Å²) in [5, 5.41) is 7.13. The topological polar surface area (TPSA) is 77.8 Å². The van der Waals surface area contributed by atoms with E-state index >= 15 is 0 Å². The zero-order valence-corrected chi connectivity index (χ0v) is 13.8. The van der Waals surface area contributed by atoms with Crippen molar-refractivity contribution in [3.05, 3.63) is 23.7 Å². The van der Waals surface area contributed by atoms with Crippen molar-refractivity contribution in [2.45, 2.75) is 46.3 Å². The molecule has 0 spiro atoms. The third kappa shape index (κ3) is 3.54. The van der Waals surface area contributed by atoms with Crippen molar-refractivity contribution in [1.29, 1.82) is 0 Å². The largest absolute Gasteiger partial charge is 0.444 e. The summed E-state index contributed by atoms with van der Waals surface area (Å²) in [6.07, 6.45) is 0.780.